The number of amides is 1. The minimum absolute atomic E-state index is 0.0828. The van der Waals surface area contributed by atoms with Gasteiger partial charge < -0.3 is 15.2 Å². The number of hydrogen-bond donors (Lipinski definition) is 1. The van der Waals surface area contributed by atoms with Crippen LogP contribution in [0.5, 0.6) is 11.6 Å². The summed E-state index contributed by atoms with van der Waals surface area (Å²) in [5.41, 5.74) is 8.55. The monoisotopic (exact) mass is 478 g/mol. The zero-order valence-corrected chi connectivity index (χ0v) is 19.5. The maximum Gasteiger partial charge on any atom is 0.410 e. The Hall–Kier alpha value is -3.29. The number of aromatic nitrogens is 1. The van der Waals surface area contributed by atoms with E-state index in [4.69, 9.17) is 26.8 Å². The largest absolute Gasteiger partial charge is 0.447 e. The van der Waals surface area contributed by atoms with E-state index in [0.29, 0.717) is 28.9 Å². The molecule has 5 rings (SSSR count). The van der Waals surface area contributed by atoms with Gasteiger partial charge in [-0.1, -0.05) is 29.8 Å². The number of ether oxygens (including phenoxy) is 2. The molecule has 2 aliphatic heterocycles. The lowest BCUT2D eigenvalue weighted by Crippen LogP contribution is -2.46. The molecule has 7 nitrogen and oxygen atoms in total. The topological polar surface area (TPSA) is 80.9 Å². The number of hydrogen-bond acceptors (Lipinski definition) is 6. The van der Waals surface area contributed by atoms with Gasteiger partial charge in [-0.2, -0.15) is 0 Å². The lowest BCUT2D eigenvalue weighted by Gasteiger charge is -2.38. The predicted molar refractivity (Wildman–Crippen MR) is 131 cm³/mol. The number of cyclic esters (lactones) is 1. The van der Waals surface area contributed by atoms with Crippen molar-refractivity contribution in [1.82, 2.24) is 14.8 Å². The third-order valence-electron chi connectivity index (χ3n) is 6.40. The summed E-state index contributed by atoms with van der Waals surface area (Å²) in [6.07, 6.45) is 3.42. The number of nitrogens with zero attached hydrogens (tertiary/aromatic N) is 3. The number of nitrogen functional groups attached to an aromatic ring is 1. The third kappa shape index (κ3) is 5.11. The number of carbonyl (C=O) groups excluding carboxylic acids is 1. The number of anilines is 1. The van der Waals surface area contributed by atoms with Crippen molar-refractivity contribution in [1.29, 1.82) is 0 Å². The second-order valence-corrected chi connectivity index (χ2v) is 9.17. The van der Waals surface area contributed by atoms with E-state index >= 15 is 0 Å². The first-order chi connectivity index (χ1) is 16.5. The van der Waals surface area contributed by atoms with Gasteiger partial charge in [0, 0.05) is 48.6 Å². The van der Waals surface area contributed by atoms with Crippen LogP contribution in [-0.4, -0.2) is 46.6 Å². The smallest absolute Gasteiger partial charge is 0.410 e. The van der Waals surface area contributed by atoms with Gasteiger partial charge in [-0.15, -0.1) is 0 Å². The van der Waals surface area contributed by atoms with Gasteiger partial charge in [0.15, 0.2) is 0 Å². The molecule has 2 aromatic carbocycles. The average molecular weight is 479 g/mol. The summed E-state index contributed by atoms with van der Waals surface area (Å²) in [5, 5.41) is 0.671. The van der Waals surface area contributed by atoms with E-state index in [1.165, 1.54) is 0 Å². The Labute approximate surface area is 204 Å². The summed E-state index contributed by atoms with van der Waals surface area (Å²) in [5.74, 6) is 1.25. The molecule has 1 amide bonds. The molecule has 1 aromatic heterocycles. The zero-order chi connectivity index (χ0) is 23.5. The van der Waals surface area contributed by atoms with E-state index in [1.54, 1.807) is 12.1 Å². The Morgan fingerprint density at radius 3 is 2.59 bits per heavy atom. The summed E-state index contributed by atoms with van der Waals surface area (Å²) in [6, 6.07) is 18.9. The molecule has 0 saturated carbocycles. The second kappa shape index (κ2) is 9.91. The highest BCUT2D eigenvalue weighted by Crippen LogP contribution is 2.34. The number of rotatable bonds is 6. The fourth-order valence-electron chi connectivity index (χ4n) is 4.64. The summed E-state index contributed by atoms with van der Waals surface area (Å²) in [4.78, 5) is 21.3. The van der Waals surface area contributed by atoms with Gasteiger partial charge in [0.1, 0.15) is 12.4 Å². The van der Waals surface area contributed by atoms with Crippen molar-refractivity contribution in [3.63, 3.8) is 0 Å². The van der Waals surface area contributed by atoms with E-state index in [0.717, 1.165) is 43.6 Å². The molecule has 3 aromatic rings. The molecule has 2 N–H and O–H groups in total. The van der Waals surface area contributed by atoms with E-state index in [2.05, 4.69) is 9.88 Å². The first kappa shape index (κ1) is 22.5. The van der Waals surface area contributed by atoms with Crippen LogP contribution in [-0.2, 0) is 11.3 Å². The van der Waals surface area contributed by atoms with E-state index in [9.17, 15) is 4.79 Å². The predicted octanol–water partition coefficient (Wildman–Crippen LogP) is 5.27. The van der Waals surface area contributed by atoms with Crippen LogP contribution in [0.4, 0.5) is 10.5 Å². The molecule has 34 heavy (non-hydrogen) atoms. The Morgan fingerprint density at radius 1 is 1.09 bits per heavy atom. The Kier molecular flexibility index (Phi) is 6.56. The molecular formula is C26H27ClN4O3. The maximum atomic E-state index is 12.5. The fraction of sp³-hybridized carbons (Fsp3) is 0.308. The van der Waals surface area contributed by atoms with Crippen LogP contribution >= 0.6 is 11.6 Å². The maximum absolute atomic E-state index is 12.5. The van der Waals surface area contributed by atoms with Crippen molar-refractivity contribution in [2.45, 2.75) is 31.5 Å². The minimum Gasteiger partial charge on any atom is -0.447 e. The van der Waals surface area contributed by atoms with Crippen LogP contribution in [0.3, 0.4) is 0 Å². The van der Waals surface area contributed by atoms with Crippen LogP contribution in [0, 0.1) is 0 Å². The van der Waals surface area contributed by atoms with E-state index in [-0.39, 0.29) is 18.2 Å². The van der Waals surface area contributed by atoms with E-state index in [1.807, 2.05) is 59.6 Å². The number of likely N-dealkylation sites (tertiary alicyclic amines) is 1. The van der Waals surface area contributed by atoms with Gasteiger partial charge in [-0.05, 0) is 60.4 Å². The number of carbonyl (C=O) groups is 1. The van der Waals surface area contributed by atoms with Gasteiger partial charge in [0.25, 0.3) is 0 Å². The molecule has 2 saturated heterocycles. The molecule has 0 bridgehead atoms. The molecule has 0 aliphatic carbocycles. The summed E-state index contributed by atoms with van der Waals surface area (Å²) in [6.45, 7) is 2.99. The molecule has 1 atom stereocenters. The van der Waals surface area contributed by atoms with Crippen LogP contribution < -0.4 is 10.5 Å². The Balaban J connectivity index is 1.16. The molecule has 3 heterocycles. The number of halogens is 1. The molecule has 0 spiro atoms. The van der Waals surface area contributed by atoms with Crippen molar-refractivity contribution in [2.24, 2.45) is 0 Å². The average Bonchev–Trinajstić information content (AvgIpc) is 3.24. The van der Waals surface area contributed by atoms with Crippen molar-refractivity contribution in [3.05, 3.63) is 83.0 Å². The zero-order valence-electron chi connectivity index (χ0n) is 18.8. The highest BCUT2D eigenvalue weighted by Gasteiger charge is 2.40. The Bertz CT molecular complexity index is 1130. The highest BCUT2D eigenvalue weighted by molar-refractivity contribution is 6.30. The van der Waals surface area contributed by atoms with Gasteiger partial charge in [-0.25, -0.2) is 9.78 Å². The fourth-order valence-corrected chi connectivity index (χ4v) is 4.84. The van der Waals surface area contributed by atoms with Crippen LogP contribution in [0.1, 0.15) is 30.0 Å². The SMILES string of the molecule is Nc1ccc(Oc2ccc(CN3CCC(N4C(=O)OCC4c4cccc(Cl)c4)CC3)cn2)cc1. The van der Waals surface area contributed by atoms with Crippen LogP contribution in [0.2, 0.25) is 5.02 Å². The lowest BCUT2D eigenvalue weighted by atomic mass is 9.99. The number of piperidine rings is 1. The normalized spacial score (nSPS) is 19.3. The molecule has 0 radical (unpaired) electrons. The van der Waals surface area contributed by atoms with Crippen molar-refractivity contribution in [3.8, 4) is 11.6 Å². The van der Waals surface area contributed by atoms with Gasteiger partial charge in [-0.3, -0.25) is 9.80 Å². The van der Waals surface area contributed by atoms with Gasteiger partial charge >= 0.3 is 6.09 Å². The quantitative estimate of drug-likeness (QED) is 0.486. The minimum atomic E-state index is -0.232. The number of pyridine rings is 1. The summed E-state index contributed by atoms with van der Waals surface area (Å²) < 4.78 is 11.2. The van der Waals surface area contributed by atoms with Crippen molar-refractivity contribution >= 4 is 23.4 Å². The van der Waals surface area contributed by atoms with Gasteiger partial charge in [0.05, 0.1) is 6.04 Å². The third-order valence-corrected chi connectivity index (χ3v) is 6.64. The first-order valence-corrected chi connectivity index (χ1v) is 11.8. The standard InChI is InChI=1S/C26H27ClN4O3/c27-20-3-1-2-19(14-20)24-17-33-26(32)31(24)22-10-12-30(13-11-22)16-18-4-9-25(29-15-18)34-23-7-5-21(28)6-8-23/h1-9,14-15,22,24H,10-13,16-17,28H2. The van der Waals surface area contributed by atoms with Gasteiger partial charge in [0.2, 0.25) is 5.88 Å². The number of nitrogens with two attached hydrogens (primary N) is 1. The molecule has 8 heteroatoms. The Morgan fingerprint density at radius 2 is 1.88 bits per heavy atom. The molecule has 1 unspecified atom stereocenters. The number of benzene rings is 2. The molecule has 176 valence electrons. The van der Waals surface area contributed by atoms with Crippen LogP contribution in [0.25, 0.3) is 0 Å². The van der Waals surface area contributed by atoms with Crippen molar-refractivity contribution in [2.75, 3.05) is 25.4 Å². The van der Waals surface area contributed by atoms with E-state index < -0.39 is 0 Å². The second-order valence-electron chi connectivity index (χ2n) is 8.74. The lowest BCUT2D eigenvalue weighted by molar-refractivity contribution is 0.104. The summed E-state index contributed by atoms with van der Waals surface area (Å²) >= 11 is 6.18. The van der Waals surface area contributed by atoms with Crippen molar-refractivity contribution < 1.29 is 14.3 Å². The van der Waals surface area contributed by atoms with Crippen LogP contribution in [0.15, 0.2) is 66.9 Å². The molecule has 2 fully saturated rings. The molecule has 2 aliphatic rings. The summed E-state index contributed by atoms with van der Waals surface area (Å²) in [7, 11) is 0. The highest BCUT2D eigenvalue weighted by atomic mass is 35.5. The first-order valence-electron chi connectivity index (χ1n) is 11.5. The molecular weight excluding hydrogens is 452 g/mol.